The van der Waals surface area contributed by atoms with Crippen molar-refractivity contribution >= 4 is 39.4 Å². The summed E-state index contributed by atoms with van der Waals surface area (Å²) >= 11 is 9.00. The summed E-state index contributed by atoms with van der Waals surface area (Å²) in [6, 6.07) is 1.56. The van der Waals surface area contributed by atoms with Crippen molar-refractivity contribution in [1.82, 2.24) is 10.3 Å². The number of hydrogen-bond acceptors (Lipinski definition) is 4. The summed E-state index contributed by atoms with van der Waals surface area (Å²) in [4.78, 5) is 26.6. The second-order valence-electron chi connectivity index (χ2n) is 3.30. The minimum atomic E-state index is -0.377. The van der Waals surface area contributed by atoms with Crippen LogP contribution in [0.5, 0.6) is 0 Å². The minimum Gasteiger partial charge on any atom is -0.466 e. The molecule has 0 unspecified atom stereocenters. The maximum atomic E-state index is 11.7. The monoisotopic (exact) mass is 334 g/mol. The van der Waals surface area contributed by atoms with Gasteiger partial charge in [0.2, 0.25) is 0 Å². The number of hydrogen-bond donors (Lipinski definition) is 1. The van der Waals surface area contributed by atoms with Crippen molar-refractivity contribution in [3.63, 3.8) is 0 Å². The van der Waals surface area contributed by atoms with Gasteiger partial charge < -0.3 is 10.1 Å². The lowest BCUT2D eigenvalue weighted by Crippen LogP contribution is -2.27. The number of amides is 1. The molecule has 1 N–H and O–H groups in total. The number of nitrogens with one attached hydrogen (secondary N) is 1. The van der Waals surface area contributed by atoms with E-state index in [0.29, 0.717) is 11.1 Å². The van der Waals surface area contributed by atoms with Crippen LogP contribution in [0.1, 0.15) is 23.7 Å². The summed E-state index contributed by atoms with van der Waals surface area (Å²) in [5, 5.41) is 2.69. The first-order valence-electron chi connectivity index (χ1n) is 5.29. The highest BCUT2D eigenvalue weighted by atomic mass is 79.9. The molecule has 0 bridgehead atoms. The van der Waals surface area contributed by atoms with E-state index in [1.807, 2.05) is 0 Å². The van der Waals surface area contributed by atoms with Crippen molar-refractivity contribution in [3.05, 3.63) is 27.5 Å². The first-order chi connectivity index (χ1) is 8.54. The van der Waals surface area contributed by atoms with E-state index in [4.69, 9.17) is 16.3 Å². The van der Waals surface area contributed by atoms with E-state index in [-0.39, 0.29) is 35.6 Å². The molecule has 1 rings (SSSR count). The summed E-state index contributed by atoms with van der Waals surface area (Å²) in [6.45, 7) is 2.25. The predicted octanol–water partition coefficient (Wildman–Crippen LogP) is 2.18. The van der Waals surface area contributed by atoms with Gasteiger partial charge in [0.25, 0.3) is 5.91 Å². The number of carbonyl (C=O) groups is 2. The number of carbonyl (C=O) groups excluding carboxylic acids is 2. The lowest BCUT2D eigenvalue weighted by molar-refractivity contribution is -0.142. The van der Waals surface area contributed by atoms with E-state index in [1.165, 1.54) is 6.20 Å². The molecule has 0 fully saturated rings. The van der Waals surface area contributed by atoms with Gasteiger partial charge in [0, 0.05) is 17.2 Å². The van der Waals surface area contributed by atoms with Crippen LogP contribution in [-0.2, 0) is 9.53 Å². The van der Waals surface area contributed by atoms with Crippen molar-refractivity contribution in [3.8, 4) is 0 Å². The van der Waals surface area contributed by atoms with Gasteiger partial charge in [-0.1, -0.05) is 11.6 Å². The summed E-state index contributed by atoms with van der Waals surface area (Å²) in [5.41, 5.74) is 0.259. The Kier molecular flexibility index (Phi) is 6.07. The molecule has 5 nitrogen and oxygen atoms in total. The van der Waals surface area contributed by atoms with Gasteiger partial charge in [-0.05, 0) is 28.9 Å². The molecule has 0 spiro atoms. The summed E-state index contributed by atoms with van der Waals surface area (Å²) in [6.07, 6.45) is 1.62. The fourth-order valence-corrected chi connectivity index (χ4v) is 1.71. The van der Waals surface area contributed by atoms with Crippen molar-refractivity contribution < 1.29 is 14.3 Å². The van der Waals surface area contributed by atoms with Crippen molar-refractivity contribution in [2.75, 3.05) is 13.2 Å². The quantitative estimate of drug-likeness (QED) is 0.661. The molecule has 0 aliphatic heterocycles. The number of nitrogens with zero attached hydrogens (tertiary/aromatic N) is 1. The molecule has 1 amide bonds. The molecular weight excluding hydrogens is 323 g/mol. The van der Waals surface area contributed by atoms with Gasteiger partial charge in [-0.2, -0.15) is 0 Å². The van der Waals surface area contributed by atoms with Crippen molar-refractivity contribution in [1.29, 1.82) is 0 Å². The van der Waals surface area contributed by atoms with E-state index in [0.717, 1.165) is 0 Å². The Bertz CT molecular complexity index is 454. The van der Waals surface area contributed by atoms with Crippen molar-refractivity contribution in [2.45, 2.75) is 13.3 Å². The molecule has 1 heterocycles. The molecule has 0 aromatic carbocycles. The Balaban J connectivity index is 2.50. The maximum Gasteiger partial charge on any atom is 0.307 e. The van der Waals surface area contributed by atoms with Crippen LogP contribution in [0.25, 0.3) is 0 Å². The standard InChI is InChI=1S/C11H12BrClN2O3/c1-2-18-9(16)3-4-14-11(17)8-5-7(12)6-15-10(8)13/h5-6H,2-4H2,1H3,(H,14,17). The third kappa shape index (κ3) is 4.62. The number of esters is 1. The maximum absolute atomic E-state index is 11.7. The lowest BCUT2D eigenvalue weighted by Gasteiger charge is -2.06. The predicted molar refractivity (Wildman–Crippen MR) is 70.5 cm³/mol. The fourth-order valence-electron chi connectivity index (χ4n) is 1.19. The largest absolute Gasteiger partial charge is 0.466 e. The highest BCUT2D eigenvalue weighted by molar-refractivity contribution is 9.10. The molecule has 0 saturated heterocycles. The summed E-state index contributed by atoms with van der Waals surface area (Å²) < 4.78 is 5.39. The average molecular weight is 336 g/mol. The highest BCUT2D eigenvalue weighted by Gasteiger charge is 2.12. The Morgan fingerprint density at radius 1 is 1.56 bits per heavy atom. The molecule has 0 aliphatic rings. The van der Waals surface area contributed by atoms with Crippen LogP contribution in [-0.4, -0.2) is 30.0 Å². The van der Waals surface area contributed by atoms with Crippen LogP contribution in [0, 0.1) is 0 Å². The molecule has 7 heteroatoms. The SMILES string of the molecule is CCOC(=O)CCNC(=O)c1cc(Br)cnc1Cl. The normalized spacial score (nSPS) is 9.94. The molecular formula is C11H12BrClN2O3. The van der Waals surface area contributed by atoms with Gasteiger partial charge in [-0.15, -0.1) is 0 Å². The Hall–Kier alpha value is -1.14. The molecule has 98 valence electrons. The zero-order valence-corrected chi connectivity index (χ0v) is 12.0. The van der Waals surface area contributed by atoms with Crippen LogP contribution >= 0.6 is 27.5 Å². The van der Waals surface area contributed by atoms with Crippen molar-refractivity contribution in [2.24, 2.45) is 0 Å². The van der Waals surface area contributed by atoms with Crippen LogP contribution in [0.15, 0.2) is 16.7 Å². The number of pyridine rings is 1. The number of aromatic nitrogens is 1. The van der Waals surface area contributed by atoms with Gasteiger partial charge in [0.05, 0.1) is 18.6 Å². The first kappa shape index (κ1) is 14.9. The van der Waals surface area contributed by atoms with E-state index in [1.54, 1.807) is 13.0 Å². The number of halogens is 2. The molecule has 1 aromatic heterocycles. The van der Waals surface area contributed by atoms with Gasteiger partial charge in [-0.25, -0.2) is 4.98 Å². The summed E-state index contributed by atoms with van der Waals surface area (Å²) in [7, 11) is 0. The van der Waals surface area contributed by atoms with E-state index >= 15 is 0 Å². The lowest BCUT2D eigenvalue weighted by atomic mass is 10.2. The van der Waals surface area contributed by atoms with Gasteiger partial charge in [-0.3, -0.25) is 9.59 Å². The molecule has 1 aromatic rings. The van der Waals surface area contributed by atoms with Crippen LogP contribution in [0.4, 0.5) is 0 Å². The first-order valence-corrected chi connectivity index (χ1v) is 6.46. The average Bonchev–Trinajstić information content (AvgIpc) is 2.32. The van der Waals surface area contributed by atoms with Crippen LogP contribution in [0.3, 0.4) is 0 Å². The molecule has 0 radical (unpaired) electrons. The number of rotatable bonds is 5. The third-order valence-electron chi connectivity index (χ3n) is 1.97. The van der Waals surface area contributed by atoms with Gasteiger partial charge in [0.15, 0.2) is 0 Å². The molecule has 0 atom stereocenters. The Labute approximate surface area is 118 Å². The minimum absolute atomic E-state index is 0.117. The topological polar surface area (TPSA) is 68.3 Å². The Morgan fingerprint density at radius 3 is 2.94 bits per heavy atom. The van der Waals surface area contributed by atoms with E-state index in [9.17, 15) is 9.59 Å². The number of ether oxygens (including phenoxy) is 1. The zero-order chi connectivity index (χ0) is 13.5. The third-order valence-corrected chi connectivity index (χ3v) is 2.71. The second-order valence-corrected chi connectivity index (χ2v) is 4.58. The molecule has 0 aliphatic carbocycles. The second kappa shape index (κ2) is 7.33. The van der Waals surface area contributed by atoms with Gasteiger partial charge in [0.1, 0.15) is 5.15 Å². The van der Waals surface area contributed by atoms with Gasteiger partial charge >= 0.3 is 5.97 Å². The molecule has 18 heavy (non-hydrogen) atoms. The molecule has 0 saturated carbocycles. The fraction of sp³-hybridized carbons (Fsp3) is 0.364. The smallest absolute Gasteiger partial charge is 0.307 e. The van der Waals surface area contributed by atoms with E-state index < -0.39 is 0 Å². The zero-order valence-electron chi connectivity index (χ0n) is 9.70. The Morgan fingerprint density at radius 2 is 2.28 bits per heavy atom. The van der Waals surface area contributed by atoms with Crippen LogP contribution < -0.4 is 5.32 Å². The van der Waals surface area contributed by atoms with E-state index in [2.05, 4.69) is 26.2 Å². The highest BCUT2D eigenvalue weighted by Crippen LogP contribution is 2.17. The van der Waals surface area contributed by atoms with Crippen LogP contribution in [0.2, 0.25) is 5.15 Å². The summed E-state index contributed by atoms with van der Waals surface area (Å²) in [5.74, 6) is -0.727.